The number of unbranched alkanes of at least 4 members (excludes halogenated alkanes) is 3. The molecule has 0 heterocycles. The molecule has 0 bridgehead atoms. The van der Waals surface area contributed by atoms with Gasteiger partial charge in [0, 0.05) is 18.0 Å². The molecule has 1 unspecified atom stereocenters. The third-order valence-corrected chi connectivity index (χ3v) is 4.28. The number of benzene rings is 1. The summed E-state index contributed by atoms with van der Waals surface area (Å²) >= 11 is 0. The van der Waals surface area contributed by atoms with E-state index in [0.717, 1.165) is 25.7 Å². The minimum absolute atomic E-state index is 0.229. The summed E-state index contributed by atoms with van der Waals surface area (Å²) < 4.78 is 17.6. The van der Waals surface area contributed by atoms with Crippen LogP contribution in [0.5, 0.6) is 5.75 Å². The van der Waals surface area contributed by atoms with Gasteiger partial charge in [0.05, 0.1) is 22.3 Å². The van der Waals surface area contributed by atoms with Crippen LogP contribution in [0, 0.1) is 0 Å². The monoisotopic (exact) mass is 285 g/mol. The van der Waals surface area contributed by atoms with E-state index in [2.05, 4.69) is 0 Å². The van der Waals surface area contributed by atoms with Crippen LogP contribution in [0.25, 0.3) is 0 Å². The molecule has 0 amide bonds. The molecule has 0 aliphatic carbocycles. The smallest absolute Gasteiger partial charge is 0.120 e. The van der Waals surface area contributed by atoms with E-state index in [0.29, 0.717) is 28.7 Å². The summed E-state index contributed by atoms with van der Waals surface area (Å²) in [5.74, 6) is 1.31. The van der Waals surface area contributed by atoms with Crippen molar-refractivity contribution >= 4 is 16.5 Å². The first-order valence-electron chi connectivity index (χ1n) is 6.70. The van der Waals surface area contributed by atoms with E-state index >= 15 is 0 Å². The van der Waals surface area contributed by atoms with Gasteiger partial charge in [-0.25, -0.2) is 0 Å². The fourth-order valence-corrected chi connectivity index (χ4v) is 3.04. The van der Waals surface area contributed by atoms with Crippen LogP contribution in [0.4, 0.5) is 5.69 Å². The quantitative estimate of drug-likeness (QED) is 0.539. The van der Waals surface area contributed by atoms with Crippen LogP contribution in [0.3, 0.4) is 0 Å². The Morgan fingerprint density at radius 1 is 1.26 bits per heavy atom. The molecule has 0 aliphatic rings. The molecule has 0 fully saturated rings. The average molecular weight is 285 g/mol. The number of rotatable bonds is 9. The van der Waals surface area contributed by atoms with Gasteiger partial charge in [0.1, 0.15) is 5.75 Å². The topological polar surface area (TPSA) is 72.5 Å². The average Bonchev–Trinajstić information content (AvgIpc) is 2.41. The Morgan fingerprint density at radius 2 is 2.00 bits per heavy atom. The summed E-state index contributed by atoms with van der Waals surface area (Å²) in [5.41, 5.74) is 6.41. The maximum absolute atomic E-state index is 12.2. The van der Waals surface area contributed by atoms with Crippen molar-refractivity contribution in [3.05, 3.63) is 18.2 Å². The minimum Gasteiger partial charge on any atom is -0.494 e. The van der Waals surface area contributed by atoms with Crippen molar-refractivity contribution in [3.63, 3.8) is 0 Å². The highest BCUT2D eigenvalue weighted by Gasteiger charge is 2.09. The molecule has 0 radical (unpaired) electrons. The summed E-state index contributed by atoms with van der Waals surface area (Å²) in [4.78, 5) is 0.660. The molecular formula is C14H23NO3S. The Bertz CT molecular complexity index is 410. The predicted molar refractivity (Wildman–Crippen MR) is 78.9 cm³/mol. The van der Waals surface area contributed by atoms with Gasteiger partial charge in [0.2, 0.25) is 0 Å². The summed E-state index contributed by atoms with van der Waals surface area (Å²) in [6, 6.07) is 5.30. The molecule has 1 aromatic rings. The SMILES string of the molecule is CCOc1ccc(N)c(S(=O)CCCCCCO)c1. The highest BCUT2D eigenvalue weighted by atomic mass is 32.2. The van der Waals surface area contributed by atoms with E-state index in [4.69, 9.17) is 15.6 Å². The van der Waals surface area contributed by atoms with Gasteiger partial charge < -0.3 is 15.6 Å². The molecular weight excluding hydrogens is 262 g/mol. The lowest BCUT2D eigenvalue weighted by Crippen LogP contribution is -2.03. The van der Waals surface area contributed by atoms with E-state index < -0.39 is 10.8 Å². The fraction of sp³-hybridized carbons (Fsp3) is 0.571. The minimum atomic E-state index is -1.08. The molecule has 0 aromatic heterocycles. The van der Waals surface area contributed by atoms with Crippen LogP contribution in [-0.4, -0.2) is 28.3 Å². The van der Waals surface area contributed by atoms with Crippen molar-refractivity contribution in [1.82, 2.24) is 0 Å². The predicted octanol–water partition coefficient (Wildman–Crippen LogP) is 2.33. The highest BCUT2D eigenvalue weighted by Crippen LogP contribution is 2.23. The number of hydrogen-bond acceptors (Lipinski definition) is 4. The number of nitrogens with two attached hydrogens (primary N) is 1. The van der Waals surface area contributed by atoms with Crippen molar-refractivity contribution in [1.29, 1.82) is 0 Å². The highest BCUT2D eigenvalue weighted by molar-refractivity contribution is 7.85. The first-order valence-corrected chi connectivity index (χ1v) is 8.02. The number of nitrogen functional groups attached to an aromatic ring is 1. The number of ether oxygens (including phenoxy) is 1. The summed E-state index contributed by atoms with van der Waals surface area (Å²) in [7, 11) is -1.08. The van der Waals surface area contributed by atoms with E-state index in [1.54, 1.807) is 18.2 Å². The van der Waals surface area contributed by atoms with Crippen LogP contribution in [0.2, 0.25) is 0 Å². The van der Waals surface area contributed by atoms with Crippen molar-refractivity contribution in [2.45, 2.75) is 37.5 Å². The number of aliphatic hydroxyl groups is 1. The Balaban J connectivity index is 2.53. The van der Waals surface area contributed by atoms with E-state index in [9.17, 15) is 4.21 Å². The zero-order valence-electron chi connectivity index (χ0n) is 11.4. The fourth-order valence-electron chi connectivity index (χ4n) is 1.78. The first kappa shape index (κ1) is 16.0. The third-order valence-electron chi connectivity index (χ3n) is 2.78. The summed E-state index contributed by atoms with van der Waals surface area (Å²) in [6.45, 7) is 2.72. The van der Waals surface area contributed by atoms with E-state index in [1.165, 1.54) is 0 Å². The number of anilines is 1. The van der Waals surface area contributed by atoms with Gasteiger partial charge in [-0.1, -0.05) is 12.8 Å². The second kappa shape index (κ2) is 8.93. The van der Waals surface area contributed by atoms with Crippen molar-refractivity contribution in [2.24, 2.45) is 0 Å². The Kier molecular flexibility index (Phi) is 7.52. The van der Waals surface area contributed by atoms with Crippen LogP contribution in [-0.2, 0) is 10.8 Å². The molecule has 19 heavy (non-hydrogen) atoms. The molecule has 3 N–H and O–H groups in total. The van der Waals surface area contributed by atoms with Gasteiger partial charge in [0.25, 0.3) is 0 Å². The van der Waals surface area contributed by atoms with Gasteiger partial charge in [-0.05, 0) is 38.0 Å². The van der Waals surface area contributed by atoms with Crippen molar-refractivity contribution in [2.75, 3.05) is 24.7 Å². The zero-order chi connectivity index (χ0) is 14.1. The standard InChI is InChI=1S/C14H23NO3S/c1-2-18-12-7-8-13(15)14(11-12)19(17)10-6-4-3-5-9-16/h7-8,11,16H,2-6,9-10,15H2,1H3. The van der Waals surface area contributed by atoms with E-state index in [-0.39, 0.29) is 6.61 Å². The maximum Gasteiger partial charge on any atom is 0.120 e. The largest absolute Gasteiger partial charge is 0.494 e. The van der Waals surface area contributed by atoms with Gasteiger partial charge in [-0.2, -0.15) is 0 Å². The van der Waals surface area contributed by atoms with E-state index in [1.807, 2.05) is 6.92 Å². The van der Waals surface area contributed by atoms with Gasteiger partial charge in [0.15, 0.2) is 0 Å². The Labute approximate surface area is 117 Å². The van der Waals surface area contributed by atoms with Gasteiger partial charge in [-0.3, -0.25) is 4.21 Å². The van der Waals surface area contributed by atoms with Crippen LogP contribution in [0.1, 0.15) is 32.6 Å². The zero-order valence-corrected chi connectivity index (χ0v) is 12.2. The molecule has 0 saturated heterocycles. The third kappa shape index (κ3) is 5.61. The second-order valence-corrected chi connectivity index (χ2v) is 5.86. The molecule has 1 rings (SSSR count). The molecule has 5 heteroatoms. The van der Waals surface area contributed by atoms with Gasteiger partial charge in [-0.15, -0.1) is 0 Å². The Morgan fingerprint density at radius 3 is 2.68 bits per heavy atom. The van der Waals surface area contributed by atoms with Crippen molar-refractivity contribution in [3.8, 4) is 5.75 Å². The van der Waals surface area contributed by atoms with Crippen LogP contribution in [0.15, 0.2) is 23.1 Å². The lowest BCUT2D eigenvalue weighted by Gasteiger charge is -2.09. The lowest BCUT2D eigenvalue weighted by atomic mass is 10.2. The summed E-state index contributed by atoms with van der Waals surface area (Å²) in [5, 5.41) is 8.68. The van der Waals surface area contributed by atoms with Crippen LogP contribution < -0.4 is 10.5 Å². The van der Waals surface area contributed by atoms with Gasteiger partial charge >= 0.3 is 0 Å². The lowest BCUT2D eigenvalue weighted by molar-refractivity contribution is 0.283. The number of aliphatic hydroxyl groups excluding tert-OH is 1. The molecule has 1 atom stereocenters. The maximum atomic E-state index is 12.2. The molecule has 108 valence electrons. The normalized spacial score (nSPS) is 12.3. The first-order chi connectivity index (χ1) is 9.19. The molecule has 4 nitrogen and oxygen atoms in total. The summed E-state index contributed by atoms with van der Waals surface area (Å²) in [6.07, 6.45) is 3.65. The Hall–Kier alpha value is -1.07. The number of hydrogen-bond donors (Lipinski definition) is 2. The van der Waals surface area contributed by atoms with Crippen LogP contribution >= 0.6 is 0 Å². The molecule has 0 saturated carbocycles. The molecule has 0 aliphatic heterocycles. The molecule has 1 aromatic carbocycles. The second-order valence-electron chi connectivity index (χ2n) is 4.32. The molecule has 0 spiro atoms. The van der Waals surface area contributed by atoms with Crippen molar-refractivity contribution < 1.29 is 14.1 Å².